The summed E-state index contributed by atoms with van der Waals surface area (Å²) in [6.07, 6.45) is 1.24. The fourth-order valence-corrected chi connectivity index (χ4v) is 3.41. The molecule has 0 aliphatic carbocycles. The SMILES string of the molecule is O=C(Nc1ccccc1[N+](=O)[O-])C(=Cc1ccc2c(c1)OCCO2)C(=O)Nc1ccccc1[N+](=O)[O-]. The highest BCUT2D eigenvalue weighted by Gasteiger charge is 2.25. The largest absolute Gasteiger partial charge is 0.486 e. The summed E-state index contributed by atoms with van der Waals surface area (Å²) < 4.78 is 11.0. The lowest BCUT2D eigenvalue weighted by molar-refractivity contribution is -0.384. The Labute approximate surface area is 203 Å². The number of carbonyl (C=O) groups is 2. The molecule has 0 saturated carbocycles. The Kier molecular flexibility index (Phi) is 6.86. The predicted octanol–water partition coefficient (Wildman–Crippen LogP) is 3.94. The molecular formula is C24H18N4O8. The number of hydrogen-bond acceptors (Lipinski definition) is 8. The van der Waals surface area contributed by atoms with Crippen LogP contribution in [-0.2, 0) is 9.59 Å². The highest BCUT2D eigenvalue weighted by molar-refractivity contribution is 6.29. The van der Waals surface area contributed by atoms with Crippen molar-refractivity contribution < 1.29 is 28.9 Å². The minimum atomic E-state index is -0.963. The third kappa shape index (κ3) is 5.28. The molecule has 0 aromatic heterocycles. The number of para-hydroxylation sites is 4. The Morgan fingerprint density at radius 3 is 1.78 bits per heavy atom. The van der Waals surface area contributed by atoms with E-state index in [9.17, 15) is 29.8 Å². The monoisotopic (exact) mass is 490 g/mol. The topological polar surface area (TPSA) is 163 Å². The molecule has 0 bridgehead atoms. The molecule has 12 nitrogen and oxygen atoms in total. The lowest BCUT2D eigenvalue weighted by Crippen LogP contribution is -2.26. The Morgan fingerprint density at radius 2 is 1.25 bits per heavy atom. The van der Waals surface area contributed by atoms with E-state index in [2.05, 4.69) is 10.6 Å². The van der Waals surface area contributed by atoms with Crippen LogP contribution in [0.4, 0.5) is 22.7 Å². The van der Waals surface area contributed by atoms with E-state index in [0.29, 0.717) is 30.3 Å². The van der Waals surface area contributed by atoms with E-state index in [0.717, 1.165) is 0 Å². The van der Waals surface area contributed by atoms with Crippen molar-refractivity contribution in [3.8, 4) is 11.5 Å². The second-order valence-electron chi connectivity index (χ2n) is 7.42. The molecule has 0 fully saturated rings. The summed E-state index contributed by atoms with van der Waals surface area (Å²) in [5, 5.41) is 27.5. The van der Waals surface area contributed by atoms with Crippen molar-refractivity contribution in [3.05, 3.63) is 98.1 Å². The summed E-state index contributed by atoms with van der Waals surface area (Å²) in [4.78, 5) is 47.7. The van der Waals surface area contributed by atoms with Gasteiger partial charge in [-0.1, -0.05) is 30.3 Å². The molecule has 0 atom stereocenters. The first-order valence-electron chi connectivity index (χ1n) is 10.5. The van der Waals surface area contributed by atoms with Gasteiger partial charge in [0.1, 0.15) is 30.2 Å². The van der Waals surface area contributed by atoms with Crippen LogP contribution in [-0.4, -0.2) is 34.9 Å². The molecule has 0 spiro atoms. The van der Waals surface area contributed by atoms with Crippen LogP contribution in [0.25, 0.3) is 6.08 Å². The molecule has 4 rings (SSSR count). The molecule has 1 aliphatic rings. The number of rotatable bonds is 7. The van der Waals surface area contributed by atoms with Gasteiger partial charge >= 0.3 is 0 Å². The van der Waals surface area contributed by atoms with E-state index >= 15 is 0 Å². The van der Waals surface area contributed by atoms with E-state index in [1.807, 2.05) is 0 Å². The maximum Gasteiger partial charge on any atom is 0.292 e. The van der Waals surface area contributed by atoms with Crippen LogP contribution in [0.3, 0.4) is 0 Å². The van der Waals surface area contributed by atoms with Gasteiger partial charge in [0.05, 0.1) is 9.85 Å². The van der Waals surface area contributed by atoms with Gasteiger partial charge in [0.25, 0.3) is 23.2 Å². The summed E-state index contributed by atoms with van der Waals surface area (Å²) in [6.45, 7) is 0.702. The van der Waals surface area contributed by atoms with Gasteiger partial charge in [-0.25, -0.2) is 0 Å². The zero-order chi connectivity index (χ0) is 25.7. The van der Waals surface area contributed by atoms with Crippen LogP contribution in [0.5, 0.6) is 11.5 Å². The Balaban J connectivity index is 1.71. The van der Waals surface area contributed by atoms with Crippen LogP contribution < -0.4 is 20.1 Å². The Bertz CT molecular complexity index is 1330. The van der Waals surface area contributed by atoms with E-state index in [4.69, 9.17) is 9.47 Å². The number of nitro groups is 2. The summed E-state index contributed by atoms with van der Waals surface area (Å²) in [5.41, 5.74) is -1.06. The maximum absolute atomic E-state index is 13.2. The number of anilines is 2. The standard InChI is InChI=1S/C24H18N4O8/c29-23(25-17-5-1-3-7-19(17)27(31)32)16(13-15-9-10-21-22(14-15)36-12-11-35-21)24(30)26-18-6-2-4-8-20(18)28(33)34/h1-10,13-14H,11-12H2,(H,25,29)(H,26,30). The van der Waals surface area contributed by atoms with Gasteiger partial charge in [-0.3, -0.25) is 29.8 Å². The van der Waals surface area contributed by atoms with Crippen molar-refractivity contribution in [2.75, 3.05) is 23.8 Å². The quantitative estimate of drug-likeness (QED) is 0.165. The number of benzene rings is 3. The third-order valence-electron chi connectivity index (χ3n) is 5.06. The summed E-state index contributed by atoms with van der Waals surface area (Å²) in [5.74, 6) is -1.02. The lowest BCUT2D eigenvalue weighted by Gasteiger charge is -2.18. The summed E-state index contributed by atoms with van der Waals surface area (Å²) in [7, 11) is 0. The smallest absolute Gasteiger partial charge is 0.292 e. The van der Waals surface area contributed by atoms with Crippen molar-refractivity contribution in [2.24, 2.45) is 0 Å². The van der Waals surface area contributed by atoms with Gasteiger partial charge < -0.3 is 20.1 Å². The number of nitro benzene ring substituents is 2. The molecule has 182 valence electrons. The molecule has 3 aromatic rings. The lowest BCUT2D eigenvalue weighted by atomic mass is 10.1. The minimum absolute atomic E-state index is 0.126. The molecule has 1 aliphatic heterocycles. The van der Waals surface area contributed by atoms with Crippen LogP contribution in [0.15, 0.2) is 72.3 Å². The molecule has 2 amide bonds. The van der Waals surface area contributed by atoms with Gasteiger partial charge in [0, 0.05) is 12.1 Å². The maximum atomic E-state index is 13.2. The number of nitrogens with zero attached hydrogens (tertiary/aromatic N) is 2. The second-order valence-corrected chi connectivity index (χ2v) is 7.42. The van der Waals surface area contributed by atoms with E-state index in [1.54, 1.807) is 18.2 Å². The molecule has 0 saturated heterocycles. The van der Waals surface area contributed by atoms with E-state index in [-0.39, 0.29) is 22.7 Å². The van der Waals surface area contributed by atoms with Gasteiger partial charge in [0.2, 0.25) is 0 Å². The average Bonchev–Trinajstić information content (AvgIpc) is 2.87. The highest BCUT2D eigenvalue weighted by Crippen LogP contribution is 2.32. The minimum Gasteiger partial charge on any atom is -0.486 e. The number of nitrogens with one attached hydrogen (secondary N) is 2. The number of ether oxygens (including phenoxy) is 2. The molecule has 3 aromatic carbocycles. The fraction of sp³-hybridized carbons (Fsp3) is 0.0833. The molecule has 2 N–H and O–H groups in total. The normalized spacial score (nSPS) is 11.7. The number of carbonyl (C=O) groups excluding carboxylic acids is 2. The molecule has 36 heavy (non-hydrogen) atoms. The number of fused-ring (bicyclic) bond motifs is 1. The molecule has 0 unspecified atom stereocenters. The third-order valence-corrected chi connectivity index (χ3v) is 5.06. The summed E-state index contributed by atoms with van der Waals surface area (Å²) in [6, 6.07) is 15.6. The van der Waals surface area contributed by atoms with Gasteiger partial charge in [-0.15, -0.1) is 0 Å². The van der Waals surface area contributed by atoms with Crippen molar-refractivity contribution >= 4 is 40.6 Å². The van der Waals surface area contributed by atoms with Crippen LogP contribution in [0, 0.1) is 20.2 Å². The Hall–Kier alpha value is -5.26. The van der Waals surface area contributed by atoms with E-state index < -0.39 is 27.2 Å². The van der Waals surface area contributed by atoms with Gasteiger partial charge in [0.15, 0.2) is 11.5 Å². The first-order chi connectivity index (χ1) is 17.3. The fourth-order valence-electron chi connectivity index (χ4n) is 3.41. The molecule has 0 radical (unpaired) electrons. The number of amides is 2. The van der Waals surface area contributed by atoms with Crippen LogP contribution in [0.1, 0.15) is 5.56 Å². The highest BCUT2D eigenvalue weighted by atomic mass is 16.6. The van der Waals surface area contributed by atoms with Crippen molar-refractivity contribution in [1.82, 2.24) is 0 Å². The molecule has 12 heteroatoms. The average molecular weight is 490 g/mol. The predicted molar refractivity (Wildman–Crippen MR) is 129 cm³/mol. The van der Waals surface area contributed by atoms with E-state index in [1.165, 1.54) is 54.6 Å². The molecular weight excluding hydrogens is 472 g/mol. The van der Waals surface area contributed by atoms with Crippen molar-refractivity contribution in [2.45, 2.75) is 0 Å². The first-order valence-corrected chi connectivity index (χ1v) is 10.5. The first kappa shape index (κ1) is 23.9. The second kappa shape index (κ2) is 10.3. The number of hydrogen-bond donors (Lipinski definition) is 2. The summed E-state index contributed by atoms with van der Waals surface area (Å²) >= 11 is 0. The zero-order valence-electron chi connectivity index (χ0n) is 18.5. The van der Waals surface area contributed by atoms with Crippen LogP contribution in [0.2, 0.25) is 0 Å². The van der Waals surface area contributed by atoms with Crippen molar-refractivity contribution in [3.63, 3.8) is 0 Å². The van der Waals surface area contributed by atoms with Gasteiger partial charge in [-0.05, 0) is 35.9 Å². The van der Waals surface area contributed by atoms with Crippen molar-refractivity contribution in [1.29, 1.82) is 0 Å². The van der Waals surface area contributed by atoms with Gasteiger partial charge in [-0.2, -0.15) is 0 Å². The zero-order valence-corrected chi connectivity index (χ0v) is 18.5. The van der Waals surface area contributed by atoms with Crippen LogP contribution >= 0.6 is 0 Å². The molecule has 1 heterocycles. The Morgan fingerprint density at radius 1 is 0.750 bits per heavy atom.